The number of hydrogen-bond donors (Lipinski definition) is 2. The molecule has 0 aliphatic carbocycles. The molecule has 0 spiro atoms. The molecule has 0 bridgehead atoms. The molecule has 0 radical (unpaired) electrons. The van der Waals surface area contributed by atoms with Crippen molar-refractivity contribution < 1.29 is 0 Å². The molecule has 0 saturated heterocycles. The maximum absolute atomic E-state index is 5.92. The Labute approximate surface area is 106 Å². The fourth-order valence-electron chi connectivity index (χ4n) is 0.763. The van der Waals surface area contributed by atoms with E-state index in [2.05, 4.69) is 45.3 Å². The average molecular weight is 340 g/mol. The van der Waals surface area contributed by atoms with Crippen molar-refractivity contribution >= 4 is 57.7 Å². The third kappa shape index (κ3) is 3.77. The van der Waals surface area contributed by atoms with Gasteiger partial charge in [0.05, 0.1) is 11.2 Å². The lowest BCUT2D eigenvalue weighted by Crippen LogP contribution is -2.23. The molecule has 0 atom stereocenters. The molecule has 1 aromatic rings. The van der Waals surface area contributed by atoms with Crippen molar-refractivity contribution in [3.8, 4) is 0 Å². The van der Waals surface area contributed by atoms with E-state index < -0.39 is 0 Å². The van der Waals surface area contributed by atoms with Crippen LogP contribution in [0.5, 0.6) is 0 Å². The molecule has 0 aliphatic heterocycles. The molecule has 0 aromatic heterocycles. The third-order valence-electron chi connectivity index (χ3n) is 1.33. The van der Waals surface area contributed by atoms with Gasteiger partial charge in [-0.25, -0.2) is 0 Å². The van der Waals surface area contributed by atoms with Crippen molar-refractivity contribution in [2.24, 2.45) is 10.8 Å². The lowest BCUT2D eigenvalue weighted by Gasteiger charge is -1.97. The molecule has 0 aliphatic rings. The molecule has 0 heterocycles. The number of nitrogens with two attached hydrogens (primary N) is 1. The first-order valence-electron chi connectivity index (χ1n) is 3.63. The van der Waals surface area contributed by atoms with Gasteiger partial charge < -0.3 is 5.73 Å². The molecule has 14 heavy (non-hydrogen) atoms. The van der Waals surface area contributed by atoms with Gasteiger partial charge in [-0.15, -0.1) is 0 Å². The van der Waals surface area contributed by atoms with Crippen LogP contribution in [0.15, 0.2) is 23.3 Å². The van der Waals surface area contributed by atoms with E-state index in [1.165, 1.54) is 0 Å². The first-order chi connectivity index (χ1) is 6.59. The van der Waals surface area contributed by atoms with E-state index in [4.69, 9.17) is 17.3 Å². The fraction of sp³-hybridized carbons (Fsp3) is 0. The van der Waals surface area contributed by atoms with E-state index in [9.17, 15) is 0 Å². The summed E-state index contributed by atoms with van der Waals surface area (Å²) in [5.41, 5.74) is 8.54. The molecule has 1 aromatic carbocycles. The van der Waals surface area contributed by atoms with Gasteiger partial charge in [0, 0.05) is 3.57 Å². The summed E-state index contributed by atoms with van der Waals surface area (Å²) in [7, 11) is 0. The molecule has 1 rings (SSSR count). The zero-order chi connectivity index (χ0) is 10.6. The molecule has 0 fully saturated rings. The van der Waals surface area contributed by atoms with Crippen molar-refractivity contribution in [1.29, 1.82) is 0 Å². The Balaban J connectivity index is 2.73. The molecule has 74 valence electrons. The Morgan fingerprint density at radius 2 is 2.36 bits per heavy atom. The summed E-state index contributed by atoms with van der Waals surface area (Å²) in [6.07, 6.45) is 1.60. The van der Waals surface area contributed by atoms with Gasteiger partial charge in [-0.1, -0.05) is 17.7 Å². The van der Waals surface area contributed by atoms with Gasteiger partial charge in [-0.2, -0.15) is 5.10 Å². The normalized spacial score (nSPS) is 10.4. The van der Waals surface area contributed by atoms with Crippen LogP contribution in [0.3, 0.4) is 0 Å². The number of nitrogens with one attached hydrogen (secondary N) is 1. The standard InChI is InChI=1S/C8H7ClIN3S/c9-6-3-5(1-2-7(6)10)4-12-13-8(11)14/h1-4H,(H3,11,13,14). The molecule has 0 unspecified atom stereocenters. The van der Waals surface area contributed by atoms with Crippen LogP contribution in [0.25, 0.3) is 0 Å². The number of nitrogens with zero attached hydrogens (tertiary/aromatic N) is 1. The number of rotatable bonds is 2. The lowest BCUT2D eigenvalue weighted by atomic mass is 10.2. The highest BCUT2D eigenvalue weighted by Gasteiger charge is 1.96. The smallest absolute Gasteiger partial charge is 0.184 e. The van der Waals surface area contributed by atoms with Crippen LogP contribution in [-0.2, 0) is 0 Å². The highest BCUT2D eigenvalue weighted by molar-refractivity contribution is 14.1. The Bertz CT molecular complexity index is 381. The Hall–Kier alpha value is -0.400. The van der Waals surface area contributed by atoms with Crippen LogP contribution in [0, 0.1) is 3.57 Å². The molecule has 0 saturated carbocycles. The van der Waals surface area contributed by atoms with Crippen molar-refractivity contribution in [2.45, 2.75) is 0 Å². The molecule has 0 amide bonds. The summed E-state index contributed by atoms with van der Waals surface area (Å²) in [4.78, 5) is 0. The molecular formula is C8H7ClIN3S. The van der Waals surface area contributed by atoms with Crippen molar-refractivity contribution in [3.63, 3.8) is 0 Å². The second-order valence-electron chi connectivity index (χ2n) is 2.41. The van der Waals surface area contributed by atoms with Crippen LogP contribution in [0.2, 0.25) is 5.02 Å². The van der Waals surface area contributed by atoms with E-state index in [0.29, 0.717) is 5.02 Å². The molecule has 6 heteroatoms. The number of benzene rings is 1. The predicted octanol–water partition coefficient (Wildman–Crippen LogP) is 2.11. The van der Waals surface area contributed by atoms with Crippen molar-refractivity contribution in [3.05, 3.63) is 32.4 Å². The predicted molar refractivity (Wildman–Crippen MR) is 71.7 cm³/mol. The van der Waals surface area contributed by atoms with Crippen LogP contribution in [0.1, 0.15) is 5.56 Å². The summed E-state index contributed by atoms with van der Waals surface area (Å²) < 4.78 is 1.00. The zero-order valence-electron chi connectivity index (χ0n) is 7.00. The Morgan fingerprint density at radius 1 is 1.64 bits per heavy atom. The van der Waals surface area contributed by atoms with Crippen molar-refractivity contribution in [1.82, 2.24) is 5.43 Å². The van der Waals surface area contributed by atoms with E-state index in [0.717, 1.165) is 9.13 Å². The Morgan fingerprint density at radius 3 is 2.93 bits per heavy atom. The van der Waals surface area contributed by atoms with Gasteiger partial charge in [0.15, 0.2) is 5.11 Å². The van der Waals surface area contributed by atoms with E-state index in [1.807, 2.05) is 18.2 Å². The SMILES string of the molecule is NC(=S)NN=Cc1ccc(I)c(Cl)c1. The molecule has 3 N–H and O–H groups in total. The van der Waals surface area contributed by atoms with Gasteiger partial charge in [-0.05, 0) is 52.5 Å². The summed E-state index contributed by atoms with van der Waals surface area (Å²) in [5, 5.41) is 4.65. The van der Waals surface area contributed by atoms with Crippen LogP contribution >= 0.6 is 46.4 Å². The Kier molecular flexibility index (Phi) is 4.56. The highest BCUT2D eigenvalue weighted by atomic mass is 127. The minimum Gasteiger partial charge on any atom is -0.375 e. The summed E-state index contributed by atoms with van der Waals surface area (Å²) >= 11 is 12.7. The molecular weight excluding hydrogens is 333 g/mol. The van der Waals surface area contributed by atoms with Gasteiger partial charge in [0.25, 0.3) is 0 Å². The lowest BCUT2D eigenvalue weighted by molar-refractivity contribution is 1.04. The van der Waals surface area contributed by atoms with Crippen molar-refractivity contribution in [2.75, 3.05) is 0 Å². The quantitative estimate of drug-likeness (QED) is 0.375. The number of hydrazone groups is 1. The molecule has 3 nitrogen and oxygen atoms in total. The second-order valence-corrected chi connectivity index (χ2v) is 4.42. The van der Waals surface area contributed by atoms with E-state index in [-0.39, 0.29) is 5.11 Å². The third-order valence-corrected chi connectivity index (χ3v) is 3.00. The van der Waals surface area contributed by atoms with Gasteiger partial charge in [0.2, 0.25) is 0 Å². The van der Waals surface area contributed by atoms with Crippen LogP contribution < -0.4 is 11.2 Å². The summed E-state index contributed by atoms with van der Waals surface area (Å²) in [6.45, 7) is 0. The minimum atomic E-state index is 0.137. The maximum Gasteiger partial charge on any atom is 0.184 e. The fourth-order valence-corrected chi connectivity index (χ4v) is 1.34. The van der Waals surface area contributed by atoms with Gasteiger partial charge in [-0.3, -0.25) is 5.43 Å². The van der Waals surface area contributed by atoms with Crippen LogP contribution in [-0.4, -0.2) is 11.3 Å². The zero-order valence-corrected chi connectivity index (χ0v) is 10.7. The highest BCUT2D eigenvalue weighted by Crippen LogP contribution is 2.18. The van der Waals surface area contributed by atoms with E-state index >= 15 is 0 Å². The number of halogens is 2. The first-order valence-corrected chi connectivity index (χ1v) is 5.49. The largest absolute Gasteiger partial charge is 0.375 e. The number of hydrogen-bond acceptors (Lipinski definition) is 2. The number of thiocarbonyl (C=S) groups is 1. The van der Waals surface area contributed by atoms with Crippen LogP contribution in [0.4, 0.5) is 0 Å². The minimum absolute atomic E-state index is 0.137. The first kappa shape index (κ1) is 11.7. The van der Waals surface area contributed by atoms with Gasteiger partial charge >= 0.3 is 0 Å². The van der Waals surface area contributed by atoms with E-state index in [1.54, 1.807) is 6.21 Å². The summed E-state index contributed by atoms with van der Waals surface area (Å²) in [5.74, 6) is 0. The topological polar surface area (TPSA) is 50.4 Å². The second kappa shape index (κ2) is 5.47. The van der Waals surface area contributed by atoms with Gasteiger partial charge in [0.1, 0.15) is 0 Å². The average Bonchev–Trinajstić information content (AvgIpc) is 2.10. The monoisotopic (exact) mass is 339 g/mol. The maximum atomic E-state index is 5.92. The summed E-state index contributed by atoms with van der Waals surface area (Å²) in [6, 6.07) is 5.62.